The Morgan fingerprint density at radius 2 is 1.94 bits per heavy atom. The molecule has 0 amide bonds. The predicted molar refractivity (Wildman–Crippen MR) is 74.3 cm³/mol. The number of hydrogen-bond donors (Lipinski definition) is 1. The van der Waals surface area contributed by atoms with E-state index in [1.807, 2.05) is 39.8 Å². The minimum Gasteiger partial charge on any atom is -0.496 e. The third-order valence-corrected chi connectivity index (χ3v) is 3.12. The van der Waals surface area contributed by atoms with Gasteiger partial charge in [-0.05, 0) is 43.0 Å². The lowest BCUT2D eigenvalue weighted by Crippen LogP contribution is -2.26. The summed E-state index contributed by atoms with van der Waals surface area (Å²) in [5.41, 5.74) is 8.23. The maximum absolute atomic E-state index is 12.4. The first-order valence-electron chi connectivity index (χ1n) is 6.19. The van der Waals surface area contributed by atoms with Crippen LogP contribution in [0.5, 0.6) is 5.75 Å². The van der Waals surface area contributed by atoms with Crippen molar-refractivity contribution in [1.82, 2.24) is 0 Å². The van der Waals surface area contributed by atoms with Crippen LogP contribution in [0.3, 0.4) is 0 Å². The standard InChI is InChI=1S/C15H23NO2/c1-10-6-11(2)14(18-5)12(7-10)13(17)8-15(3,4)9-16/h6-7H,8-9,16H2,1-5H3. The van der Waals surface area contributed by atoms with Crippen LogP contribution < -0.4 is 10.5 Å². The monoisotopic (exact) mass is 249 g/mol. The second kappa shape index (κ2) is 5.53. The average molecular weight is 249 g/mol. The first-order chi connectivity index (χ1) is 8.30. The molecule has 1 rings (SSSR count). The number of rotatable bonds is 5. The van der Waals surface area contributed by atoms with Gasteiger partial charge in [0.1, 0.15) is 5.75 Å². The Balaban J connectivity index is 3.13. The number of nitrogens with two attached hydrogens (primary N) is 1. The third kappa shape index (κ3) is 3.33. The number of methoxy groups -OCH3 is 1. The highest BCUT2D eigenvalue weighted by Gasteiger charge is 2.23. The van der Waals surface area contributed by atoms with Crippen molar-refractivity contribution in [3.63, 3.8) is 0 Å². The Hall–Kier alpha value is -1.35. The number of aryl methyl sites for hydroxylation is 2. The van der Waals surface area contributed by atoms with Crippen molar-refractivity contribution in [3.8, 4) is 5.75 Å². The lowest BCUT2D eigenvalue weighted by molar-refractivity contribution is 0.0931. The van der Waals surface area contributed by atoms with E-state index >= 15 is 0 Å². The van der Waals surface area contributed by atoms with Gasteiger partial charge in [0.25, 0.3) is 0 Å². The molecule has 0 fully saturated rings. The van der Waals surface area contributed by atoms with Crippen LogP contribution in [0.15, 0.2) is 12.1 Å². The quantitative estimate of drug-likeness (QED) is 0.816. The number of carbonyl (C=O) groups is 1. The molecule has 0 unspecified atom stereocenters. The summed E-state index contributed by atoms with van der Waals surface area (Å²) in [6.45, 7) is 8.43. The van der Waals surface area contributed by atoms with Gasteiger partial charge in [0.2, 0.25) is 0 Å². The van der Waals surface area contributed by atoms with E-state index in [-0.39, 0.29) is 11.2 Å². The normalized spacial score (nSPS) is 11.4. The first kappa shape index (κ1) is 14.7. The summed E-state index contributed by atoms with van der Waals surface area (Å²) in [6.07, 6.45) is 0.433. The fourth-order valence-electron chi connectivity index (χ4n) is 2.03. The number of hydrogen-bond acceptors (Lipinski definition) is 3. The lowest BCUT2D eigenvalue weighted by Gasteiger charge is -2.22. The van der Waals surface area contributed by atoms with E-state index in [1.165, 1.54) is 0 Å². The van der Waals surface area contributed by atoms with Crippen LogP contribution in [0.1, 0.15) is 41.8 Å². The van der Waals surface area contributed by atoms with Gasteiger partial charge in [-0.15, -0.1) is 0 Å². The number of ether oxygens (including phenoxy) is 1. The van der Waals surface area contributed by atoms with E-state index in [0.29, 0.717) is 24.3 Å². The van der Waals surface area contributed by atoms with Crippen LogP contribution in [0.25, 0.3) is 0 Å². The molecule has 0 aliphatic rings. The molecule has 0 atom stereocenters. The maximum Gasteiger partial charge on any atom is 0.167 e. The minimum atomic E-state index is -0.181. The second-order valence-electron chi connectivity index (χ2n) is 5.63. The van der Waals surface area contributed by atoms with Crippen molar-refractivity contribution < 1.29 is 9.53 Å². The van der Waals surface area contributed by atoms with Crippen LogP contribution >= 0.6 is 0 Å². The van der Waals surface area contributed by atoms with Crippen molar-refractivity contribution in [2.75, 3.05) is 13.7 Å². The SMILES string of the molecule is COc1c(C)cc(C)cc1C(=O)CC(C)(C)CN. The lowest BCUT2D eigenvalue weighted by atomic mass is 9.85. The highest BCUT2D eigenvalue weighted by molar-refractivity contribution is 5.99. The van der Waals surface area contributed by atoms with E-state index in [1.54, 1.807) is 7.11 Å². The summed E-state index contributed by atoms with van der Waals surface area (Å²) in [5, 5.41) is 0. The molecule has 1 aromatic rings. The molecule has 0 aromatic heterocycles. The molecule has 100 valence electrons. The summed E-state index contributed by atoms with van der Waals surface area (Å²) in [5.74, 6) is 0.771. The Morgan fingerprint density at radius 3 is 2.44 bits per heavy atom. The molecule has 0 aliphatic carbocycles. The molecular weight excluding hydrogens is 226 g/mol. The fourth-order valence-corrected chi connectivity index (χ4v) is 2.03. The van der Waals surface area contributed by atoms with E-state index in [0.717, 1.165) is 11.1 Å². The van der Waals surface area contributed by atoms with Gasteiger partial charge < -0.3 is 10.5 Å². The van der Waals surface area contributed by atoms with Crippen molar-refractivity contribution in [2.45, 2.75) is 34.1 Å². The number of benzene rings is 1. The molecule has 2 N–H and O–H groups in total. The van der Waals surface area contributed by atoms with Crippen LogP contribution in [0.2, 0.25) is 0 Å². The Kier molecular flexibility index (Phi) is 4.52. The molecule has 0 radical (unpaired) electrons. The zero-order valence-corrected chi connectivity index (χ0v) is 12.0. The summed E-state index contributed by atoms with van der Waals surface area (Å²) in [6, 6.07) is 3.91. The van der Waals surface area contributed by atoms with Crippen molar-refractivity contribution in [1.29, 1.82) is 0 Å². The summed E-state index contributed by atoms with van der Waals surface area (Å²) < 4.78 is 5.35. The summed E-state index contributed by atoms with van der Waals surface area (Å²) in [7, 11) is 1.60. The van der Waals surface area contributed by atoms with Gasteiger partial charge in [0.05, 0.1) is 12.7 Å². The molecule has 0 saturated heterocycles. The number of carbonyl (C=O) groups excluding carboxylic acids is 1. The van der Waals surface area contributed by atoms with Gasteiger partial charge in [-0.1, -0.05) is 19.9 Å². The van der Waals surface area contributed by atoms with Crippen molar-refractivity contribution in [2.24, 2.45) is 11.1 Å². The van der Waals surface area contributed by atoms with E-state index < -0.39 is 0 Å². The zero-order valence-electron chi connectivity index (χ0n) is 12.0. The predicted octanol–water partition coefficient (Wildman–Crippen LogP) is 2.87. The Labute approximate surface area is 109 Å². The zero-order chi connectivity index (χ0) is 13.9. The molecule has 0 heterocycles. The van der Waals surface area contributed by atoms with Crippen LogP contribution in [-0.2, 0) is 0 Å². The molecule has 1 aromatic carbocycles. The number of ketones is 1. The van der Waals surface area contributed by atoms with Gasteiger partial charge in [-0.3, -0.25) is 4.79 Å². The van der Waals surface area contributed by atoms with Gasteiger partial charge >= 0.3 is 0 Å². The molecule has 3 heteroatoms. The highest BCUT2D eigenvalue weighted by atomic mass is 16.5. The molecule has 3 nitrogen and oxygen atoms in total. The largest absolute Gasteiger partial charge is 0.496 e. The van der Waals surface area contributed by atoms with Crippen molar-refractivity contribution >= 4 is 5.78 Å². The Morgan fingerprint density at radius 1 is 1.33 bits per heavy atom. The van der Waals surface area contributed by atoms with Crippen LogP contribution in [0, 0.1) is 19.3 Å². The molecule has 0 saturated carbocycles. The molecular formula is C15H23NO2. The Bertz CT molecular complexity index is 450. The van der Waals surface area contributed by atoms with Gasteiger partial charge in [0, 0.05) is 6.42 Å². The van der Waals surface area contributed by atoms with E-state index in [2.05, 4.69) is 0 Å². The number of Topliss-reactive ketones (excluding diaryl/α,β-unsaturated/α-hetero) is 1. The molecule has 0 bridgehead atoms. The van der Waals surface area contributed by atoms with Gasteiger partial charge in [0.15, 0.2) is 5.78 Å². The fraction of sp³-hybridized carbons (Fsp3) is 0.533. The van der Waals surface area contributed by atoms with E-state index in [9.17, 15) is 4.79 Å². The maximum atomic E-state index is 12.4. The smallest absolute Gasteiger partial charge is 0.167 e. The van der Waals surface area contributed by atoms with Crippen molar-refractivity contribution in [3.05, 3.63) is 28.8 Å². The van der Waals surface area contributed by atoms with Crippen LogP contribution in [0.4, 0.5) is 0 Å². The first-order valence-corrected chi connectivity index (χ1v) is 6.19. The molecule has 0 aliphatic heterocycles. The minimum absolute atomic E-state index is 0.0918. The summed E-state index contributed by atoms with van der Waals surface area (Å²) >= 11 is 0. The van der Waals surface area contributed by atoms with Gasteiger partial charge in [-0.25, -0.2) is 0 Å². The topological polar surface area (TPSA) is 52.3 Å². The molecule has 18 heavy (non-hydrogen) atoms. The summed E-state index contributed by atoms with van der Waals surface area (Å²) in [4.78, 5) is 12.4. The highest BCUT2D eigenvalue weighted by Crippen LogP contribution is 2.29. The molecule has 0 spiro atoms. The van der Waals surface area contributed by atoms with Gasteiger partial charge in [-0.2, -0.15) is 0 Å². The second-order valence-corrected chi connectivity index (χ2v) is 5.63. The van der Waals surface area contributed by atoms with E-state index in [4.69, 9.17) is 10.5 Å². The third-order valence-electron chi connectivity index (χ3n) is 3.12. The van der Waals surface area contributed by atoms with Crippen LogP contribution in [-0.4, -0.2) is 19.4 Å². The average Bonchev–Trinajstić information content (AvgIpc) is 2.27.